The monoisotopic (exact) mass is 1580 g/mol. The lowest BCUT2D eigenvalue weighted by Crippen LogP contribution is -2.52. The van der Waals surface area contributed by atoms with Gasteiger partial charge >= 0.3 is 0 Å². The van der Waals surface area contributed by atoms with Crippen molar-refractivity contribution in [3.8, 4) is 11.1 Å². The highest BCUT2D eigenvalue weighted by atomic mass is 16.6. The number of benzene rings is 2. The number of fused-ring (bicyclic) bond motifs is 1. The maximum absolute atomic E-state index is 13.4. The van der Waals surface area contributed by atoms with E-state index in [4.69, 9.17) is 38.9 Å². The van der Waals surface area contributed by atoms with Crippen LogP contribution in [-0.4, -0.2) is 238 Å². The van der Waals surface area contributed by atoms with Crippen molar-refractivity contribution in [2.45, 2.75) is 64.3 Å². The van der Waals surface area contributed by atoms with Gasteiger partial charge in [0.05, 0.1) is 140 Å². The molecule has 612 valence electrons. The van der Waals surface area contributed by atoms with Crippen LogP contribution < -0.4 is 58.1 Å². The quantitative estimate of drug-likeness (QED) is 0.0245. The van der Waals surface area contributed by atoms with Crippen LogP contribution in [0, 0.1) is 5.92 Å². The van der Waals surface area contributed by atoms with E-state index in [-0.39, 0.29) is 118 Å². The molecule has 37 nitrogen and oxygen atoms in total. The average molecular weight is 1580 g/mol. The first-order chi connectivity index (χ1) is 55.2. The first kappa shape index (κ1) is 85.1. The number of carbonyl (C=O) groups excluding carboxylic acids is 8. The molecule has 10 rings (SSSR count). The van der Waals surface area contributed by atoms with Crippen molar-refractivity contribution in [1.82, 2.24) is 74.3 Å². The zero-order valence-corrected chi connectivity index (χ0v) is 65.2. The third-order valence-electron chi connectivity index (χ3n) is 18.6. The number of nitrogens with zero attached hydrogens (tertiary/aromatic N) is 12. The average Bonchev–Trinajstić information content (AvgIpc) is 1.24. The van der Waals surface area contributed by atoms with Crippen molar-refractivity contribution in [1.29, 1.82) is 0 Å². The molecule has 0 spiro atoms. The first-order valence-corrected chi connectivity index (χ1v) is 37.8. The summed E-state index contributed by atoms with van der Waals surface area (Å²) in [6, 6.07) is 16.5. The van der Waals surface area contributed by atoms with Gasteiger partial charge < -0.3 is 119 Å². The molecule has 37 heteroatoms. The zero-order valence-electron chi connectivity index (χ0n) is 65.2. The second-order valence-corrected chi connectivity index (χ2v) is 27.3. The number of amides is 8. The number of aliphatic hydroxyl groups is 1. The third kappa shape index (κ3) is 25.1. The minimum absolute atomic E-state index is 0.000588. The Kier molecular flexibility index (Phi) is 32.2. The summed E-state index contributed by atoms with van der Waals surface area (Å²) in [5, 5.41) is 32.4. The molecule has 0 bridgehead atoms. The maximum Gasteiger partial charge on any atom is 0.291 e. The van der Waals surface area contributed by atoms with E-state index in [0.29, 0.717) is 133 Å². The van der Waals surface area contributed by atoms with Crippen LogP contribution >= 0.6 is 0 Å². The highest BCUT2D eigenvalue weighted by Crippen LogP contribution is 2.46. The summed E-state index contributed by atoms with van der Waals surface area (Å²) in [4.78, 5) is 130. The Morgan fingerprint density at radius 1 is 0.526 bits per heavy atom. The molecular weight excluding hydrogens is 1470 g/mol. The molecule has 1 aliphatic carbocycles. The van der Waals surface area contributed by atoms with Crippen molar-refractivity contribution < 1.29 is 76.6 Å². The number of hydrogen-bond acceptors (Lipinski definition) is 24. The number of aromatic nitrogens is 10. The van der Waals surface area contributed by atoms with Crippen LogP contribution in [0.15, 0.2) is 104 Å². The van der Waals surface area contributed by atoms with Crippen LogP contribution in [0.3, 0.4) is 0 Å². The van der Waals surface area contributed by atoms with E-state index < -0.39 is 35.6 Å². The summed E-state index contributed by atoms with van der Waals surface area (Å²) in [5.41, 5.74) is 13.8. The van der Waals surface area contributed by atoms with Gasteiger partial charge in [0, 0.05) is 156 Å². The van der Waals surface area contributed by atoms with Crippen molar-refractivity contribution >= 4 is 81.8 Å². The first-order valence-electron chi connectivity index (χ1n) is 37.8. The molecule has 8 amide bonds. The van der Waals surface area contributed by atoms with Crippen LogP contribution in [0.2, 0.25) is 0 Å². The Balaban J connectivity index is 0.480. The summed E-state index contributed by atoms with van der Waals surface area (Å²) in [7, 11) is 8.49. The summed E-state index contributed by atoms with van der Waals surface area (Å²) in [5.74, 6) is -1.79. The predicted molar refractivity (Wildman–Crippen MR) is 420 cm³/mol. The van der Waals surface area contributed by atoms with Gasteiger partial charge in [0.25, 0.3) is 29.5 Å². The van der Waals surface area contributed by atoms with Gasteiger partial charge in [0.15, 0.2) is 11.6 Å². The number of carbonyl (C=O) groups is 8. The fraction of sp³-hybridized carbons (Fsp3) is 0.468. The van der Waals surface area contributed by atoms with Crippen LogP contribution in [0.25, 0.3) is 11.1 Å². The molecule has 1 saturated carbocycles. The minimum atomic E-state index is -0.597. The molecule has 0 saturated heterocycles. The number of hydrogen-bond donors (Lipinski definition) is 10. The molecule has 6 aromatic heterocycles. The second kappa shape index (κ2) is 43.1. The van der Waals surface area contributed by atoms with Crippen molar-refractivity contribution in [3.63, 3.8) is 0 Å². The van der Waals surface area contributed by atoms with Crippen LogP contribution in [0.1, 0.15) is 115 Å². The summed E-state index contributed by atoms with van der Waals surface area (Å²) < 4.78 is 46.9. The van der Waals surface area contributed by atoms with E-state index in [2.05, 4.69) is 72.4 Å². The molecule has 1 aliphatic heterocycles. The lowest BCUT2D eigenvalue weighted by Gasteiger charge is -2.44. The summed E-state index contributed by atoms with van der Waals surface area (Å²) >= 11 is 0. The minimum Gasteiger partial charge on any atom is -0.392 e. The number of ether oxygens (including phenoxy) is 7. The number of rotatable bonds is 48. The van der Waals surface area contributed by atoms with Gasteiger partial charge in [-0.15, -0.1) is 0 Å². The van der Waals surface area contributed by atoms with E-state index in [1.54, 1.807) is 82.9 Å². The predicted octanol–water partition coefficient (Wildman–Crippen LogP) is 3.02. The van der Waals surface area contributed by atoms with Gasteiger partial charge in [0.1, 0.15) is 11.4 Å². The summed E-state index contributed by atoms with van der Waals surface area (Å²) in [6.07, 6.45) is 15.6. The zero-order chi connectivity index (χ0) is 80.9. The Labute approximate surface area is 659 Å². The molecule has 1 unspecified atom stereocenters. The maximum atomic E-state index is 13.4. The number of aryl methyl sites for hydroxylation is 5. The SMILES string of the molecule is CC(=O)N1c2ccc(-c3cnc(C(=O)NCCOCCOCCOCCOCCOCCOCCOCCNC(=O)CCNC(=O)c4nc(NC(=O)CCNC(=O)c5cc(NC(=O)c6nc(C(N)CCNC(=O)c7cc(Nc8nccn8C)cn7C)cn6C)cn5C)cn4C)nc3)cc2N(Cc2ccccc2CO)C[C@@H]1C1CC1. The second-order valence-electron chi connectivity index (χ2n) is 27.3. The Bertz CT molecular complexity index is 4530. The number of anilines is 6. The van der Waals surface area contributed by atoms with Gasteiger partial charge in [-0.3, -0.25) is 38.4 Å². The van der Waals surface area contributed by atoms with Crippen molar-refractivity contribution in [3.05, 3.63) is 150 Å². The molecule has 2 atom stereocenters. The Hall–Kier alpha value is -11.3. The van der Waals surface area contributed by atoms with Gasteiger partial charge in [-0.1, -0.05) is 30.3 Å². The Morgan fingerprint density at radius 2 is 1.07 bits per heavy atom. The molecule has 2 aliphatic rings. The highest BCUT2D eigenvalue weighted by Gasteiger charge is 2.43. The fourth-order valence-electron chi connectivity index (χ4n) is 12.6. The van der Waals surface area contributed by atoms with E-state index in [1.165, 1.54) is 26.0 Å². The molecule has 114 heavy (non-hydrogen) atoms. The normalized spacial score (nSPS) is 13.5. The van der Waals surface area contributed by atoms with Crippen molar-refractivity contribution in [2.75, 3.05) is 158 Å². The largest absolute Gasteiger partial charge is 0.392 e. The van der Waals surface area contributed by atoms with Crippen molar-refractivity contribution in [2.24, 2.45) is 46.9 Å². The van der Waals surface area contributed by atoms with Gasteiger partial charge in [-0.05, 0) is 66.1 Å². The molecule has 1 fully saturated rings. The number of nitrogens with two attached hydrogens (primary N) is 1. The standard InChI is InChI=1S/C77H103N21O16/c1-51(100)98-61-14-13-53(39-62(61)97(48-65(98)52-11-12-52)44-54-9-7-8-10-55(54)50-99)56-42-85-69(86-43-56)74(105)83-23-26-109-28-30-111-32-34-113-36-38-114-37-35-112-33-31-110-29-27-108-25-22-79-67(101)16-19-82-75(106)70-91-66(49-96(70)6)90-68(102)17-20-81-73(104)63-40-57(45-93(63)3)87-76(107)71-89-60(47-95(71)5)59(78)15-18-80-72(103)64-41-58(46-94(64)4)88-77-84-21-24-92(77)2/h7-10,13-14,21,24,39-43,45-47,49,52,59,65,99H,11-12,15-20,22-23,25-38,44,48,50,78H2,1-6H3,(H,79,101)(H,80,103)(H,81,104)(H,82,106)(H,83,105)(H,84,88)(H,87,107)(H,90,102)/t59?,65-/m1/s1. The molecule has 8 aromatic rings. The highest BCUT2D eigenvalue weighted by molar-refractivity contribution is 6.03. The smallest absolute Gasteiger partial charge is 0.291 e. The van der Waals surface area contributed by atoms with Crippen LogP contribution in [-0.2, 0) is 95.9 Å². The van der Waals surface area contributed by atoms with E-state index in [9.17, 15) is 43.5 Å². The molecule has 7 heterocycles. The van der Waals surface area contributed by atoms with Gasteiger partial charge in [0.2, 0.25) is 35.3 Å². The lowest BCUT2D eigenvalue weighted by molar-refractivity contribution is -0.121. The fourth-order valence-corrected chi connectivity index (χ4v) is 12.6. The van der Waals surface area contributed by atoms with E-state index in [1.807, 2.05) is 65.2 Å². The summed E-state index contributed by atoms with van der Waals surface area (Å²) in [6.45, 7) is 8.52. The molecular formula is C77H103N21O16. The van der Waals surface area contributed by atoms with E-state index in [0.717, 1.165) is 46.5 Å². The van der Waals surface area contributed by atoms with Crippen LogP contribution in [0.4, 0.5) is 34.5 Å². The van der Waals surface area contributed by atoms with Gasteiger partial charge in [-0.2, -0.15) is 0 Å². The van der Waals surface area contributed by atoms with Gasteiger partial charge in [-0.25, -0.2) is 24.9 Å². The lowest BCUT2D eigenvalue weighted by atomic mass is 9.98. The molecule has 11 N–H and O–H groups in total. The number of imidazole rings is 3. The third-order valence-corrected chi connectivity index (χ3v) is 18.6. The molecule has 0 radical (unpaired) electrons. The number of nitrogens with one attached hydrogen (secondary N) is 8. The van der Waals surface area contributed by atoms with Crippen LogP contribution in [0.5, 0.6) is 0 Å². The van der Waals surface area contributed by atoms with E-state index >= 15 is 0 Å². The topological polar surface area (TPSA) is 439 Å². The number of aliphatic hydroxyl groups excluding tert-OH is 1. The molecule has 2 aromatic carbocycles. The Morgan fingerprint density at radius 3 is 1.67 bits per heavy atom.